The first-order chi connectivity index (χ1) is 14.9. The van der Waals surface area contributed by atoms with Crippen LogP contribution in [0.25, 0.3) is 6.08 Å². The Morgan fingerprint density at radius 2 is 1.84 bits per heavy atom. The largest absolute Gasteiger partial charge is 0.434 e. The van der Waals surface area contributed by atoms with E-state index in [0.717, 1.165) is 19.3 Å². The Labute approximate surface area is 180 Å². The van der Waals surface area contributed by atoms with Gasteiger partial charge >= 0.3 is 6.61 Å². The van der Waals surface area contributed by atoms with Crippen molar-refractivity contribution in [2.24, 2.45) is 0 Å². The molecule has 0 spiro atoms. The molecule has 6 nitrogen and oxygen atoms in total. The minimum absolute atomic E-state index is 0.0304. The van der Waals surface area contributed by atoms with Gasteiger partial charge in [-0.25, -0.2) is 8.42 Å². The lowest BCUT2D eigenvalue weighted by atomic mass is 10.2. The van der Waals surface area contributed by atoms with E-state index in [9.17, 15) is 22.0 Å². The van der Waals surface area contributed by atoms with Gasteiger partial charge in [0.05, 0.1) is 4.90 Å². The van der Waals surface area contributed by atoms with E-state index in [2.05, 4.69) is 10.1 Å². The Bertz CT molecular complexity index is 1040. The first-order valence-corrected chi connectivity index (χ1v) is 11.4. The molecule has 0 aliphatic carbocycles. The third kappa shape index (κ3) is 6.35. The van der Waals surface area contributed by atoms with Gasteiger partial charge in [-0.3, -0.25) is 4.79 Å². The Hall–Kier alpha value is -2.78. The van der Waals surface area contributed by atoms with Crippen LogP contribution >= 0.6 is 0 Å². The SMILES string of the molecule is O=C(/C=C/c1ccccc1OC(F)F)NCc1cccc(S(=O)(=O)N2CCCCC2)c1. The van der Waals surface area contributed by atoms with E-state index in [1.165, 1.54) is 22.5 Å². The minimum Gasteiger partial charge on any atom is -0.434 e. The molecule has 1 N–H and O–H groups in total. The van der Waals surface area contributed by atoms with Crippen molar-refractivity contribution in [2.75, 3.05) is 13.1 Å². The summed E-state index contributed by atoms with van der Waals surface area (Å²) in [5.41, 5.74) is 0.980. The third-order valence-corrected chi connectivity index (χ3v) is 6.76. The number of ether oxygens (including phenoxy) is 1. The second-order valence-electron chi connectivity index (χ2n) is 7.08. The van der Waals surface area contributed by atoms with E-state index >= 15 is 0 Å². The standard InChI is InChI=1S/C22H24F2N2O4S/c23-22(24)30-20-10-3-2-8-18(20)11-12-21(27)25-16-17-7-6-9-19(15-17)31(28,29)26-13-4-1-5-14-26/h2-3,6-12,15,22H,1,4-5,13-14,16H2,(H,25,27)/b12-11+. The lowest BCUT2D eigenvalue weighted by Gasteiger charge is -2.26. The van der Waals surface area contributed by atoms with Gasteiger partial charge in [-0.15, -0.1) is 0 Å². The number of amides is 1. The zero-order valence-electron chi connectivity index (χ0n) is 16.8. The van der Waals surface area contributed by atoms with Crippen LogP contribution in [0.3, 0.4) is 0 Å². The molecule has 1 fully saturated rings. The van der Waals surface area contributed by atoms with E-state index in [4.69, 9.17) is 0 Å². The zero-order chi connectivity index (χ0) is 22.3. The van der Waals surface area contributed by atoms with Gasteiger partial charge in [0.25, 0.3) is 0 Å². The summed E-state index contributed by atoms with van der Waals surface area (Å²) in [6, 6.07) is 12.6. The lowest BCUT2D eigenvalue weighted by Crippen LogP contribution is -2.35. The topological polar surface area (TPSA) is 75.7 Å². The monoisotopic (exact) mass is 450 g/mol. The number of carbonyl (C=O) groups excluding carboxylic acids is 1. The van der Waals surface area contributed by atoms with Crippen molar-refractivity contribution >= 4 is 22.0 Å². The van der Waals surface area contributed by atoms with E-state index in [1.54, 1.807) is 42.5 Å². The Morgan fingerprint density at radius 3 is 2.58 bits per heavy atom. The predicted molar refractivity (Wildman–Crippen MR) is 113 cm³/mol. The van der Waals surface area contributed by atoms with Gasteiger partial charge < -0.3 is 10.1 Å². The smallest absolute Gasteiger partial charge is 0.387 e. The average Bonchev–Trinajstić information content (AvgIpc) is 2.77. The number of carbonyl (C=O) groups is 1. The zero-order valence-corrected chi connectivity index (χ0v) is 17.7. The van der Waals surface area contributed by atoms with E-state index < -0.39 is 22.5 Å². The average molecular weight is 451 g/mol. The molecular formula is C22H24F2N2O4S. The fourth-order valence-corrected chi connectivity index (χ4v) is 4.89. The van der Waals surface area contributed by atoms with Crippen molar-refractivity contribution < 1.29 is 26.7 Å². The van der Waals surface area contributed by atoms with Crippen LogP contribution in [0.2, 0.25) is 0 Å². The number of hydrogen-bond donors (Lipinski definition) is 1. The second kappa shape index (κ2) is 10.5. The van der Waals surface area contributed by atoms with Gasteiger partial charge in [0.2, 0.25) is 15.9 Å². The van der Waals surface area contributed by atoms with Crippen LogP contribution in [0.5, 0.6) is 5.75 Å². The summed E-state index contributed by atoms with van der Waals surface area (Å²) in [5.74, 6) is -0.478. The summed E-state index contributed by atoms with van der Waals surface area (Å²) in [4.78, 5) is 12.3. The Balaban J connectivity index is 1.62. The minimum atomic E-state index is -3.55. The molecule has 0 aromatic heterocycles. The summed E-state index contributed by atoms with van der Waals surface area (Å²) in [6.45, 7) is -1.80. The number of hydrogen-bond acceptors (Lipinski definition) is 4. The lowest BCUT2D eigenvalue weighted by molar-refractivity contribution is -0.116. The normalized spacial score (nSPS) is 15.3. The van der Waals surface area contributed by atoms with Crippen LogP contribution in [-0.4, -0.2) is 38.3 Å². The molecule has 1 aliphatic rings. The first-order valence-electron chi connectivity index (χ1n) is 9.95. The van der Waals surface area contributed by atoms with Crippen molar-refractivity contribution in [3.63, 3.8) is 0 Å². The summed E-state index contributed by atoms with van der Waals surface area (Å²) in [7, 11) is -3.55. The quantitative estimate of drug-likeness (QED) is 0.621. The van der Waals surface area contributed by atoms with Crippen molar-refractivity contribution in [1.29, 1.82) is 0 Å². The maximum atomic E-state index is 12.8. The highest BCUT2D eigenvalue weighted by molar-refractivity contribution is 7.89. The molecule has 1 heterocycles. The molecule has 0 unspecified atom stereocenters. The van der Waals surface area contributed by atoms with Gasteiger partial charge in [-0.2, -0.15) is 13.1 Å². The number of benzene rings is 2. The Kier molecular flexibility index (Phi) is 7.75. The van der Waals surface area contributed by atoms with Crippen molar-refractivity contribution in [3.8, 4) is 5.75 Å². The van der Waals surface area contributed by atoms with Gasteiger partial charge in [0.15, 0.2) is 0 Å². The molecule has 9 heteroatoms. The molecular weight excluding hydrogens is 426 g/mol. The van der Waals surface area contributed by atoms with Crippen molar-refractivity contribution in [2.45, 2.75) is 37.3 Å². The number of halogens is 2. The molecule has 3 rings (SSSR count). The molecule has 2 aromatic carbocycles. The molecule has 2 aromatic rings. The van der Waals surface area contributed by atoms with E-state index in [1.807, 2.05) is 0 Å². The summed E-state index contributed by atoms with van der Waals surface area (Å²) >= 11 is 0. The van der Waals surface area contributed by atoms with Crippen LogP contribution < -0.4 is 10.1 Å². The molecule has 0 bridgehead atoms. The van der Waals surface area contributed by atoms with E-state index in [0.29, 0.717) is 24.2 Å². The fourth-order valence-electron chi connectivity index (χ4n) is 3.31. The number of rotatable bonds is 8. The number of para-hydroxylation sites is 1. The first kappa shape index (κ1) is 22.9. The number of piperidine rings is 1. The molecule has 31 heavy (non-hydrogen) atoms. The molecule has 0 saturated carbocycles. The number of alkyl halides is 2. The number of nitrogens with zero attached hydrogens (tertiary/aromatic N) is 1. The maximum Gasteiger partial charge on any atom is 0.387 e. The van der Waals surface area contributed by atoms with Gasteiger partial charge in [-0.1, -0.05) is 36.8 Å². The summed E-state index contributed by atoms with van der Waals surface area (Å²) in [6.07, 6.45) is 5.33. The van der Waals surface area contributed by atoms with E-state index in [-0.39, 0.29) is 17.2 Å². The highest BCUT2D eigenvalue weighted by Crippen LogP contribution is 2.22. The van der Waals surface area contributed by atoms with Crippen LogP contribution in [0.4, 0.5) is 8.78 Å². The van der Waals surface area contributed by atoms with Crippen LogP contribution in [0.15, 0.2) is 59.5 Å². The summed E-state index contributed by atoms with van der Waals surface area (Å²) in [5, 5.41) is 2.66. The van der Waals surface area contributed by atoms with Crippen LogP contribution in [0, 0.1) is 0 Å². The number of nitrogens with one attached hydrogen (secondary N) is 1. The Morgan fingerprint density at radius 1 is 1.10 bits per heavy atom. The van der Waals surface area contributed by atoms with Crippen LogP contribution in [-0.2, 0) is 21.4 Å². The summed E-state index contributed by atoms with van der Waals surface area (Å²) < 4.78 is 56.5. The molecule has 166 valence electrons. The van der Waals surface area contributed by atoms with Crippen molar-refractivity contribution in [1.82, 2.24) is 9.62 Å². The number of sulfonamides is 1. The molecule has 1 aliphatic heterocycles. The maximum absolute atomic E-state index is 12.8. The van der Waals surface area contributed by atoms with Crippen molar-refractivity contribution in [3.05, 3.63) is 65.7 Å². The fraction of sp³-hybridized carbons (Fsp3) is 0.318. The second-order valence-corrected chi connectivity index (χ2v) is 9.02. The highest BCUT2D eigenvalue weighted by Gasteiger charge is 2.25. The predicted octanol–water partition coefficient (Wildman–Crippen LogP) is 3.79. The molecule has 0 radical (unpaired) electrons. The van der Waals surface area contributed by atoms with Gasteiger partial charge in [-0.05, 0) is 42.7 Å². The highest BCUT2D eigenvalue weighted by atomic mass is 32.2. The van der Waals surface area contributed by atoms with Gasteiger partial charge in [0, 0.05) is 31.3 Å². The third-order valence-electron chi connectivity index (χ3n) is 4.87. The molecule has 1 amide bonds. The van der Waals surface area contributed by atoms with Crippen LogP contribution in [0.1, 0.15) is 30.4 Å². The molecule has 0 atom stereocenters. The van der Waals surface area contributed by atoms with Gasteiger partial charge in [0.1, 0.15) is 5.75 Å². The molecule has 1 saturated heterocycles.